The highest BCUT2D eigenvalue weighted by molar-refractivity contribution is 5.94. The van der Waals surface area contributed by atoms with Gasteiger partial charge >= 0.3 is 0 Å². The van der Waals surface area contributed by atoms with Crippen LogP contribution in [0.25, 0.3) is 0 Å². The Hall–Kier alpha value is -1.35. The number of hydrogen-bond donors (Lipinski definition) is 2. The van der Waals surface area contributed by atoms with Crippen molar-refractivity contribution in [3.8, 4) is 0 Å². The van der Waals surface area contributed by atoms with Crippen LogP contribution >= 0.6 is 0 Å². The molecule has 0 aliphatic carbocycles. The molecular weight excluding hydrogens is 164 g/mol. The highest BCUT2D eigenvalue weighted by atomic mass is 16.1. The predicted octanol–water partition coefficient (Wildman–Crippen LogP) is 1.11. The molecule has 0 spiro atoms. The van der Waals surface area contributed by atoms with Crippen LogP contribution in [0.4, 0.5) is 0 Å². The van der Waals surface area contributed by atoms with E-state index in [4.69, 9.17) is 11.5 Å². The van der Waals surface area contributed by atoms with Crippen molar-refractivity contribution in [2.45, 2.75) is 19.9 Å². The van der Waals surface area contributed by atoms with Crippen LogP contribution in [-0.2, 0) is 0 Å². The van der Waals surface area contributed by atoms with E-state index in [2.05, 4.69) is 0 Å². The lowest BCUT2D eigenvalue weighted by atomic mass is 10.0. The minimum Gasteiger partial charge on any atom is -0.366 e. The summed E-state index contributed by atoms with van der Waals surface area (Å²) in [6.07, 6.45) is 0. The topological polar surface area (TPSA) is 69.1 Å². The molecule has 0 radical (unpaired) electrons. The molecule has 0 aliphatic heterocycles. The van der Waals surface area contributed by atoms with Crippen LogP contribution < -0.4 is 11.5 Å². The third kappa shape index (κ3) is 2.06. The zero-order valence-corrected chi connectivity index (χ0v) is 7.87. The van der Waals surface area contributed by atoms with Crippen LogP contribution in [0.2, 0.25) is 0 Å². The first-order chi connectivity index (χ1) is 6.02. The van der Waals surface area contributed by atoms with Crippen molar-refractivity contribution in [2.24, 2.45) is 11.5 Å². The second-order valence-electron chi connectivity index (χ2n) is 3.23. The van der Waals surface area contributed by atoms with Crippen LogP contribution in [0, 0.1) is 6.92 Å². The second kappa shape index (κ2) is 3.58. The number of primary amides is 1. The molecule has 1 rings (SSSR count). The average molecular weight is 178 g/mol. The van der Waals surface area contributed by atoms with E-state index in [0.717, 1.165) is 11.1 Å². The first-order valence-corrected chi connectivity index (χ1v) is 4.18. The van der Waals surface area contributed by atoms with E-state index in [-0.39, 0.29) is 6.04 Å². The largest absolute Gasteiger partial charge is 0.366 e. The Bertz CT molecular complexity index is 332. The lowest BCUT2D eigenvalue weighted by Crippen LogP contribution is -2.14. The number of nitrogens with two attached hydrogens (primary N) is 2. The molecule has 0 unspecified atom stereocenters. The number of carbonyl (C=O) groups is 1. The van der Waals surface area contributed by atoms with Gasteiger partial charge in [0.05, 0.1) is 0 Å². The Morgan fingerprint density at radius 3 is 2.54 bits per heavy atom. The van der Waals surface area contributed by atoms with E-state index in [9.17, 15) is 4.79 Å². The molecule has 0 saturated carbocycles. The number of amides is 1. The molecule has 0 aliphatic rings. The number of carbonyl (C=O) groups excluding carboxylic acids is 1. The molecule has 1 amide bonds. The Labute approximate surface area is 77.7 Å². The van der Waals surface area contributed by atoms with Gasteiger partial charge in [-0.15, -0.1) is 0 Å². The second-order valence-corrected chi connectivity index (χ2v) is 3.23. The van der Waals surface area contributed by atoms with Crippen LogP contribution in [0.15, 0.2) is 18.2 Å². The lowest BCUT2D eigenvalue weighted by molar-refractivity contribution is 0.0999. The fraction of sp³-hybridized carbons (Fsp3) is 0.300. The van der Waals surface area contributed by atoms with Crippen molar-refractivity contribution in [2.75, 3.05) is 0 Å². The summed E-state index contributed by atoms with van der Waals surface area (Å²) < 4.78 is 0. The van der Waals surface area contributed by atoms with Crippen LogP contribution in [0.3, 0.4) is 0 Å². The third-order valence-electron chi connectivity index (χ3n) is 2.05. The van der Waals surface area contributed by atoms with Crippen molar-refractivity contribution in [1.82, 2.24) is 0 Å². The molecule has 0 bridgehead atoms. The molecule has 70 valence electrons. The minimum atomic E-state index is -0.403. The normalized spacial score (nSPS) is 12.5. The smallest absolute Gasteiger partial charge is 0.248 e. The maximum absolute atomic E-state index is 11.0. The quantitative estimate of drug-likeness (QED) is 0.712. The van der Waals surface area contributed by atoms with Gasteiger partial charge in [-0.2, -0.15) is 0 Å². The minimum absolute atomic E-state index is 0.0706. The lowest BCUT2D eigenvalue weighted by Gasteiger charge is -2.08. The van der Waals surface area contributed by atoms with Gasteiger partial charge < -0.3 is 11.5 Å². The molecule has 0 saturated heterocycles. The molecule has 0 fully saturated rings. The van der Waals surface area contributed by atoms with E-state index >= 15 is 0 Å². The molecule has 13 heavy (non-hydrogen) atoms. The summed E-state index contributed by atoms with van der Waals surface area (Å²) >= 11 is 0. The predicted molar refractivity (Wildman–Crippen MR) is 52.3 cm³/mol. The maximum atomic E-state index is 11.0. The first kappa shape index (κ1) is 9.74. The van der Waals surface area contributed by atoms with E-state index in [1.54, 1.807) is 6.07 Å². The van der Waals surface area contributed by atoms with Crippen molar-refractivity contribution in [3.63, 3.8) is 0 Å². The zero-order chi connectivity index (χ0) is 10.0. The summed E-state index contributed by atoms with van der Waals surface area (Å²) in [5, 5.41) is 0. The van der Waals surface area contributed by atoms with Crippen molar-refractivity contribution < 1.29 is 4.79 Å². The van der Waals surface area contributed by atoms with Gasteiger partial charge in [0, 0.05) is 11.6 Å². The average Bonchev–Trinajstić information content (AvgIpc) is 2.04. The first-order valence-electron chi connectivity index (χ1n) is 4.18. The van der Waals surface area contributed by atoms with Gasteiger partial charge in [-0.05, 0) is 31.0 Å². The van der Waals surface area contributed by atoms with Gasteiger partial charge in [0.25, 0.3) is 0 Å². The Morgan fingerprint density at radius 1 is 1.46 bits per heavy atom. The summed E-state index contributed by atoms with van der Waals surface area (Å²) in [5.74, 6) is -0.403. The van der Waals surface area contributed by atoms with Crippen LogP contribution in [0.5, 0.6) is 0 Å². The summed E-state index contributed by atoms with van der Waals surface area (Å²) in [4.78, 5) is 11.0. The Morgan fingerprint density at radius 2 is 2.08 bits per heavy atom. The van der Waals surface area contributed by atoms with Gasteiger partial charge in [0.15, 0.2) is 0 Å². The van der Waals surface area contributed by atoms with Crippen LogP contribution in [0.1, 0.15) is 34.5 Å². The van der Waals surface area contributed by atoms with Gasteiger partial charge in [-0.25, -0.2) is 0 Å². The molecule has 1 atom stereocenters. The molecule has 3 heteroatoms. The zero-order valence-electron chi connectivity index (χ0n) is 7.87. The van der Waals surface area contributed by atoms with Gasteiger partial charge in [0.1, 0.15) is 0 Å². The number of hydrogen-bond acceptors (Lipinski definition) is 2. The van der Waals surface area contributed by atoms with E-state index in [1.165, 1.54) is 0 Å². The van der Waals surface area contributed by atoms with Gasteiger partial charge in [-0.1, -0.05) is 12.1 Å². The maximum Gasteiger partial charge on any atom is 0.248 e. The number of aryl methyl sites for hydroxylation is 1. The van der Waals surface area contributed by atoms with Crippen molar-refractivity contribution in [1.29, 1.82) is 0 Å². The van der Waals surface area contributed by atoms with E-state index in [0.29, 0.717) is 5.56 Å². The van der Waals surface area contributed by atoms with Crippen molar-refractivity contribution in [3.05, 3.63) is 34.9 Å². The van der Waals surface area contributed by atoms with Gasteiger partial charge in [0.2, 0.25) is 5.91 Å². The molecule has 4 N–H and O–H groups in total. The molecular formula is C10H14N2O. The summed E-state index contributed by atoms with van der Waals surface area (Å²) in [5.41, 5.74) is 13.3. The van der Waals surface area contributed by atoms with E-state index < -0.39 is 5.91 Å². The summed E-state index contributed by atoms with van der Waals surface area (Å²) in [6, 6.07) is 5.45. The highest BCUT2D eigenvalue weighted by Gasteiger charge is 2.07. The third-order valence-corrected chi connectivity index (χ3v) is 2.05. The Kier molecular flexibility index (Phi) is 2.68. The monoisotopic (exact) mass is 178 g/mol. The summed E-state index contributed by atoms with van der Waals surface area (Å²) in [7, 11) is 0. The Balaban J connectivity index is 3.19. The molecule has 0 heterocycles. The van der Waals surface area contributed by atoms with Crippen molar-refractivity contribution >= 4 is 5.91 Å². The molecule has 1 aromatic rings. The van der Waals surface area contributed by atoms with E-state index in [1.807, 2.05) is 26.0 Å². The summed E-state index contributed by atoms with van der Waals surface area (Å²) in [6.45, 7) is 3.72. The SMILES string of the molecule is Cc1ccc([C@H](C)N)cc1C(N)=O. The number of benzene rings is 1. The standard InChI is InChI=1S/C10H14N2O/c1-6-3-4-8(7(2)11)5-9(6)10(12)13/h3-5,7H,11H2,1-2H3,(H2,12,13)/t7-/m0/s1. The van der Waals surface area contributed by atoms with Crippen LogP contribution in [-0.4, -0.2) is 5.91 Å². The molecule has 1 aromatic carbocycles. The highest BCUT2D eigenvalue weighted by Crippen LogP contribution is 2.15. The molecule has 3 nitrogen and oxygen atoms in total. The number of rotatable bonds is 2. The fourth-order valence-corrected chi connectivity index (χ4v) is 1.19. The molecule has 0 aromatic heterocycles. The fourth-order valence-electron chi connectivity index (χ4n) is 1.19. The van der Waals surface area contributed by atoms with Gasteiger partial charge in [-0.3, -0.25) is 4.79 Å².